The summed E-state index contributed by atoms with van der Waals surface area (Å²) in [7, 11) is -3.65. The average Bonchev–Trinajstić information content (AvgIpc) is 2.63. The molecule has 0 aromatic heterocycles. The molecular formula is C17H25N3O6S. The van der Waals surface area contributed by atoms with Crippen molar-refractivity contribution < 1.29 is 27.9 Å². The Morgan fingerprint density at radius 3 is 2.56 bits per heavy atom. The van der Waals surface area contributed by atoms with Gasteiger partial charge in [-0.2, -0.15) is 4.31 Å². The lowest BCUT2D eigenvalue weighted by molar-refractivity contribution is -0.136. The molecule has 2 rings (SSSR count). The van der Waals surface area contributed by atoms with E-state index in [-0.39, 0.29) is 23.5 Å². The van der Waals surface area contributed by atoms with Crippen LogP contribution < -0.4 is 15.4 Å². The van der Waals surface area contributed by atoms with E-state index in [0.717, 1.165) is 19.3 Å². The number of nitrogens with zero attached hydrogens (tertiary/aromatic N) is 1. The molecule has 0 bridgehead atoms. The summed E-state index contributed by atoms with van der Waals surface area (Å²) in [5, 5.41) is 13.6. The summed E-state index contributed by atoms with van der Waals surface area (Å²) in [5.74, 6) is -0.691. The van der Waals surface area contributed by atoms with Crippen molar-refractivity contribution in [1.82, 2.24) is 9.62 Å². The predicted octanol–water partition coefficient (Wildman–Crippen LogP) is 1.86. The van der Waals surface area contributed by atoms with E-state index in [1.54, 1.807) is 6.92 Å². The molecule has 1 aliphatic rings. The number of piperidine rings is 1. The summed E-state index contributed by atoms with van der Waals surface area (Å²) < 4.78 is 32.6. The van der Waals surface area contributed by atoms with Crippen LogP contribution in [0.4, 0.5) is 10.5 Å². The summed E-state index contributed by atoms with van der Waals surface area (Å²) in [5.41, 5.74) is 0.211. The van der Waals surface area contributed by atoms with Crippen molar-refractivity contribution in [3.8, 4) is 5.75 Å². The van der Waals surface area contributed by atoms with Crippen LogP contribution in [-0.2, 0) is 14.8 Å². The Morgan fingerprint density at radius 2 is 1.93 bits per heavy atom. The van der Waals surface area contributed by atoms with Gasteiger partial charge in [-0.25, -0.2) is 13.2 Å². The first-order valence-electron chi connectivity index (χ1n) is 8.88. The average molecular weight is 399 g/mol. The Morgan fingerprint density at radius 1 is 1.22 bits per heavy atom. The van der Waals surface area contributed by atoms with Crippen LogP contribution in [0.15, 0.2) is 23.1 Å². The highest BCUT2D eigenvalue weighted by atomic mass is 32.2. The van der Waals surface area contributed by atoms with Crippen LogP contribution in [0.1, 0.15) is 32.6 Å². The lowest BCUT2D eigenvalue weighted by atomic mass is 10.2. The normalized spacial score (nSPS) is 15.1. The van der Waals surface area contributed by atoms with Crippen LogP contribution in [0.5, 0.6) is 5.75 Å². The molecule has 150 valence electrons. The van der Waals surface area contributed by atoms with Crippen LogP contribution >= 0.6 is 0 Å². The zero-order chi connectivity index (χ0) is 19.9. The molecule has 0 radical (unpaired) electrons. The highest BCUT2D eigenvalue weighted by Gasteiger charge is 2.27. The highest BCUT2D eigenvalue weighted by molar-refractivity contribution is 7.89. The number of amides is 2. The zero-order valence-electron chi connectivity index (χ0n) is 15.2. The van der Waals surface area contributed by atoms with Gasteiger partial charge in [0.05, 0.1) is 23.6 Å². The molecular weight excluding hydrogens is 374 g/mol. The van der Waals surface area contributed by atoms with Crippen molar-refractivity contribution in [2.24, 2.45) is 0 Å². The minimum Gasteiger partial charge on any atom is -0.492 e. The molecule has 1 saturated heterocycles. The third-order valence-corrected chi connectivity index (χ3v) is 5.97. The van der Waals surface area contributed by atoms with Crippen molar-refractivity contribution in [2.45, 2.75) is 37.5 Å². The lowest BCUT2D eigenvalue weighted by Gasteiger charge is -2.26. The molecule has 1 aromatic rings. The molecule has 0 saturated carbocycles. The van der Waals surface area contributed by atoms with Crippen molar-refractivity contribution >= 4 is 27.7 Å². The number of sulfonamides is 1. The van der Waals surface area contributed by atoms with Crippen molar-refractivity contribution in [2.75, 3.05) is 31.6 Å². The van der Waals surface area contributed by atoms with E-state index in [9.17, 15) is 18.0 Å². The number of carbonyl (C=O) groups excluding carboxylic acids is 1. The second-order valence-corrected chi connectivity index (χ2v) is 8.02. The van der Waals surface area contributed by atoms with Crippen molar-refractivity contribution in [3.05, 3.63) is 18.2 Å². The number of aliphatic carboxylic acids is 1. The number of carboxylic acids is 1. The highest BCUT2D eigenvalue weighted by Crippen LogP contribution is 2.30. The van der Waals surface area contributed by atoms with Gasteiger partial charge in [0, 0.05) is 19.6 Å². The lowest BCUT2D eigenvalue weighted by Crippen LogP contribution is -2.35. The first-order chi connectivity index (χ1) is 12.8. The second-order valence-electron chi connectivity index (χ2n) is 6.08. The number of anilines is 1. The third-order valence-electron chi connectivity index (χ3n) is 4.08. The monoisotopic (exact) mass is 399 g/mol. The number of rotatable bonds is 8. The summed E-state index contributed by atoms with van der Waals surface area (Å²) >= 11 is 0. The predicted molar refractivity (Wildman–Crippen MR) is 99.5 cm³/mol. The summed E-state index contributed by atoms with van der Waals surface area (Å²) in [6.45, 7) is 3.03. The van der Waals surface area contributed by atoms with E-state index >= 15 is 0 Å². The quantitative estimate of drug-likeness (QED) is 0.613. The molecule has 0 aliphatic carbocycles. The molecule has 1 fully saturated rings. The zero-order valence-corrected chi connectivity index (χ0v) is 16.0. The molecule has 2 amide bonds. The van der Waals surface area contributed by atoms with E-state index < -0.39 is 22.0 Å². The summed E-state index contributed by atoms with van der Waals surface area (Å²) in [6.07, 6.45) is 2.45. The molecule has 0 spiro atoms. The van der Waals surface area contributed by atoms with Crippen LogP contribution in [0.3, 0.4) is 0 Å². The molecule has 1 heterocycles. The Hall–Kier alpha value is -2.33. The fourth-order valence-electron chi connectivity index (χ4n) is 2.75. The number of hydrogen-bond acceptors (Lipinski definition) is 5. The van der Waals surface area contributed by atoms with E-state index in [0.29, 0.717) is 25.4 Å². The fourth-order valence-corrected chi connectivity index (χ4v) is 4.30. The Labute approximate surface area is 158 Å². The first kappa shape index (κ1) is 21.0. The molecule has 27 heavy (non-hydrogen) atoms. The van der Waals surface area contributed by atoms with Crippen LogP contribution in [0.25, 0.3) is 0 Å². The number of hydrogen-bond donors (Lipinski definition) is 3. The SMILES string of the molecule is CCOc1ccc(S(=O)(=O)N2CCCCC2)cc1NC(=O)NCCC(=O)O. The standard InChI is InChI=1S/C17H25N3O6S/c1-2-26-15-7-6-13(27(24,25)20-10-4-3-5-11-20)12-14(15)19-17(23)18-9-8-16(21)22/h6-7,12H,2-5,8-11H2,1H3,(H,21,22)(H2,18,19,23). The number of nitrogens with one attached hydrogen (secondary N) is 2. The van der Waals surface area contributed by atoms with E-state index in [2.05, 4.69) is 10.6 Å². The second kappa shape index (κ2) is 9.56. The first-order valence-corrected chi connectivity index (χ1v) is 10.3. The molecule has 1 aromatic carbocycles. The molecule has 0 unspecified atom stereocenters. The van der Waals surface area contributed by atoms with E-state index in [4.69, 9.17) is 9.84 Å². The number of benzene rings is 1. The Kier molecular flexibility index (Phi) is 7.43. The number of urea groups is 1. The number of carboxylic acid groups (broad SMARTS) is 1. The van der Waals surface area contributed by atoms with Gasteiger partial charge >= 0.3 is 12.0 Å². The molecule has 9 nitrogen and oxygen atoms in total. The van der Waals surface area contributed by atoms with Gasteiger partial charge in [-0.3, -0.25) is 4.79 Å². The van der Waals surface area contributed by atoms with Gasteiger partial charge in [0.1, 0.15) is 5.75 Å². The third kappa shape index (κ3) is 5.83. The van der Waals surface area contributed by atoms with Gasteiger partial charge < -0.3 is 20.5 Å². The van der Waals surface area contributed by atoms with E-state index in [1.807, 2.05) is 0 Å². The largest absolute Gasteiger partial charge is 0.492 e. The van der Waals surface area contributed by atoms with Gasteiger partial charge in [-0.1, -0.05) is 6.42 Å². The number of carbonyl (C=O) groups is 2. The minimum atomic E-state index is -3.65. The van der Waals surface area contributed by atoms with Crippen LogP contribution in [0, 0.1) is 0 Å². The smallest absolute Gasteiger partial charge is 0.319 e. The maximum Gasteiger partial charge on any atom is 0.319 e. The fraction of sp³-hybridized carbons (Fsp3) is 0.529. The number of ether oxygens (including phenoxy) is 1. The van der Waals surface area contributed by atoms with Gasteiger partial charge in [0.15, 0.2) is 0 Å². The minimum absolute atomic E-state index is 0.0447. The van der Waals surface area contributed by atoms with Crippen molar-refractivity contribution in [1.29, 1.82) is 0 Å². The molecule has 10 heteroatoms. The molecule has 3 N–H and O–H groups in total. The van der Waals surface area contributed by atoms with Crippen molar-refractivity contribution in [3.63, 3.8) is 0 Å². The van der Waals surface area contributed by atoms with Crippen LogP contribution in [-0.4, -0.2) is 56.1 Å². The molecule has 0 atom stereocenters. The Bertz CT molecular complexity index is 775. The van der Waals surface area contributed by atoms with Crippen LogP contribution in [0.2, 0.25) is 0 Å². The maximum atomic E-state index is 12.8. The summed E-state index contributed by atoms with van der Waals surface area (Å²) in [6, 6.07) is 3.70. The summed E-state index contributed by atoms with van der Waals surface area (Å²) in [4.78, 5) is 22.6. The maximum absolute atomic E-state index is 12.8. The van der Waals surface area contributed by atoms with Gasteiger partial charge in [0.25, 0.3) is 0 Å². The van der Waals surface area contributed by atoms with E-state index in [1.165, 1.54) is 22.5 Å². The van der Waals surface area contributed by atoms with Gasteiger partial charge in [0.2, 0.25) is 10.0 Å². The molecule has 1 aliphatic heterocycles. The topological polar surface area (TPSA) is 125 Å². The Balaban J connectivity index is 2.20. The van der Waals surface area contributed by atoms with Gasteiger partial charge in [-0.15, -0.1) is 0 Å². The van der Waals surface area contributed by atoms with Gasteiger partial charge in [-0.05, 0) is 38.0 Å².